The molecule has 0 aromatic heterocycles. The molecule has 1 aromatic carbocycles. The standard InChI is InChI=1S/C17H21NO5/c1-5-22-15(20)6-7-16(21)23-10-14(19)18-17-12(3)8-11(2)9-13(17)4/h6-9H,5,10H2,1-4H3,(H,18,19). The van der Waals surface area contributed by atoms with E-state index in [0.29, 0.717) is 5.69 Å². The summed E-state index contributed by atoms with van der Waals surface area (Å²) in [7, 11) is 0. The van der Waals surface area contributed by atoms with E-state index in [2.05, 4.69) is 10.1 Å². The topological polar surface area (TPSA) is 81.7 Å². The molecule has 23 heavy (non-hydrogen) atoms. The summed E-state index contributed by atoms with van der Waals surface area (Å²) >= 11 is 0. The Morgan fingerprint density at radius 2 is 1.52 bits per heavy atom. The molecule has 6 heteroatoms. The second kappa shape index (κ2) is 8.73. The van der Waals surface area contributed by atoms with Gasteiger partial charge in [-0.05, 0) is 38.8 Å². The van der Waals surface area contributed by atoms with Crippen molar-refractivity contribution in [2.45, 2.75) is 27.7 Å². The maximum Gasteiger partial charge on any atom is 0.331 e. The van der Waals surface area contributed by atoms with Gasteiger partial charge in [-0.2, -0.15) is 0 Å². The number of esters is 2. The highest BCUT2D eigenvalue weighted by Crippen LogP contribution is 2.21. The molecule has 0 saturated heterocycles. The number of rotatable bonds is 6. The Hall–Kier alpha value is -2.63. The Balaban J connectivity index is 2.52. The molecule has 124 valence electrons. The van der Waals surface area contributed by atoms with E-state index in [1.807, 2.05) is 32.9 Å². The van der Waals surface area contributed by atoms with Gasteiger partial charge >= 0.3 is 11.9 Å². The number of aryl methyl sites for hydroxylation is 3. The summed E-state index contributed by atoms with van der Waals surface area (Å²) in [5.74, 6) is -1.87. The van der Waals surface area contributed by atoms with Crippen molar-refractivity contribution in [1.29, 1.82) is 0 Å². The fraction of sp³-hybridized carbons (Fsp3) is 0.353. The lowest BCUT2D eigenvalue weighted by atomic mass is 10.1. The molecule has 0 spiro atoms. The second-order valence-electron chi connectivity index (χ2n) is 5.01. The summed E-state index contributed by atoms with van der Waals surface area (Å²) in [5.41, 5.74) is 3.68. The average molecular weight is 319 g/mol. The van der Waals surface area contributed by atoms with Gasteiger partial charge < -0.3 is 14.8 Å². The minimum absolute atomic E-state index is 0.218. The van der Waals surface area contributed by atoms with Gasteiger partial charge in [0.2, 0.25) is 0 Å². The zero-order valence-electron chi connectivity index (χ0n) is 13.8. The number of hydrogen-bond donors (Lipinski definition) is 1. The molecule has 0 aliphatic rings. The summed E-state index contributed by atoms with van der Waals surface area (Å²) < 4.78 is 9.38. The van der Waals surface area contributed by atoms with Gasteiger partial charge in [-0.3, -0.25) is 4.79 Å². The van der Waals surface area contributed by atoms with Crippen LogP contribution >= 0.6 is 0 Å². The normalized spacial score (nSPS) is 10.4. The molecule has 0 saturated carbocycles. The van der Waals surface area contributed by atoms with E-state index in [4.69, 9.17) is 4.74 Å². The van der Waals surface area contributed by atoms with Gasteiger partial charge in [0.25, 0.3) is 5.91 Å². The number of hydrogen-bond acceptors (Lipinski definition) is 5. The van der Waals surface area contributed by atoms with Crippen LogP contribution in [0.3, 0.4) is 0 Å². The van der Waals surface area contributed by atoms with Crippen LogP contribution in [0.2, 0.25) is 0 Å². The highest BCUT2D eigenvalue weighted by Gasteiger charge is 2.10. The summed E-state index contributed by atoms with van der Waals surface area (Å²) in [6.45, 7) is 7.20. The van der Waals surface area contributed by atoms with Gasteiger partial charge in [0, 0.05) is 17.8 Å². The van der Waals surface area contributed by atoms with E-state index in [0.717, 1.165) is 28.8 Å². The van der Waals surface area contributed by atoms with Crippen LogP contribution in [0.1, 0.15) is 23.6 Å². The van der Waals surface area contributed by atoms with Crippen LogP contribution in [0.25, 0.3) is 0 Å². The third-order valence-electron chi connectivity index (χ3n) is 2.93. The van der Waals surface area contributed by atoms with Crippen molar-refractivity contribution in [2.24, 2.45) is 0 Å². The van der Waals surface area contributed by atoms with Gasteiger partial charge in [0.15, 0.2) is 6.61 Å². The number of anilines is 1. The molecular weight excluding hydrogens is 298 g/mol. The van der Waals surface area contributed by atoms with Crippen LogP contribution in [0.15, 0.2) is 24.3 Å². The highest BCUT2D eigenvalue weighted by atomic mass is 16.5. The quantitative estimate of drug-likeness (QED) is 0.642. The maximum atomic E-state index is 11.8. The lowest BCUT2D eigenvalue weighted by Gasteiger charge is -2.12. The molecule has 0 bridgehead atoms. The first-order chi connectivity index (χ1) is 10.8. The second-order valence-corrected chi connectivity index (χ2v) is 5.01. The van der Waals surface area contributed by atoms with Gasteiger partial charge in [-0.1, -0.05) is 17.7 Å². The van der Waals surface area contributed by atoms with Gasteiger partial charge in [-0.15, -0.1) is 0 Å². The van der Waals surface area contributed by atoms with Crippen LogP contribution in [-0.4, -0.2) is 31.1 Å². The van der Waals surface area contributed by atoms with Crippen molar-refractivity contribution in [1.82, 2.24) is 0 Å². The fourth-order valence-corrected chi connectivity index (χ4v) is 2.06. The van der Waals surface area contributed by atoms with Crippen molar-refractivity contribution in [3.63, 3.8) is 0 Å². The molecular formula is C17H21NO5. The summed E-state index contributed by atoms with van der Waals surface area (Å²) in [6.07, 6.45) is 1.88. The molecule has 0 heterocycles. The molecule has 1 rings (SSSR count). The minimum atomic E-state index is -0.787. The molecule has 0 fully saturated rings. The fourth-order valence-electron chi connectivity index (χ4n) is 2.06. The van der Waals surface area contributed by atoms with E-state index in [-0.39, 0.29) is 6.61 Å². The van der Waals surface area contributed by atoms with Crippen molar-refractivity contribution < 1.29 is 23.9 Å². The van der Waals surface area contributed by atoms with Crippen molar-refractivity contribution >= 4 is 23.5 Å². The Morgan fingerprint density at radius 3 is 2.04 bits per heavy atom. The van der Waals surface area contributed by atoms with E-state index in [1.165, 1.54) is 0 Å². The minimum Gasteiger partial charge on any atom is -0.463 e. The number of carbonyl (C=O) groups is 3. The van der Waals surface area contributed by atoms with E-state index in [9.17, 15) is 14.4 Å². The number of amides is 1. The molecule has 1 aromatic rings. The first-order valence-electron chi connectivity index (χ1n) is 7.22. The lowest BCUT2D eigenvalue weighted by Crippen LogP contribution is -2.21. The van der Waals surface area contributed by atoms with E-state index >= 15 is 0 Å². The predicted molar refractivity (Wildman–Crippen MR) is 86.0 cm³/mol. The summed E-state index contributed by atoms with van der Waals surface area (Å²) in [4.78, 5) is 34.3. The largest absolute Gasteiger partial charge is 0.463 e. The monoisotopic (exact) mass is 319 g/mol. The molecule has 0 atom stereocenters. The van der Waals surface area contributed by atoms with Gasteiger partial charge in [-0.25, -0.2) is 9.59 Å². The molecule has 0 aliphatic heterocycles. The maximum absolute atomic E-state index is 11.8. The molecule has 0 unspecified atom stereocenters. The van der Waals surface area contributed by atoms with E-state index < -0.39 is 24.5 Å². The third kappa shape index (κ3) is 6.34. The lowest BCUT2D eigenvalue weighted by molar-refractivity contribution is -0.143. The van der Waals surface area contributed by atoms with Gasteiger partial charge in [0.05, 0.1) is 6.61 Å². The number of benzene rings is 1. The van der Waals surface area contributed by atoms with Gasteiger partial charge in [0.1, 0.15) is 0 Å². The summed E-state index contributed by atoms with van der Waals surface area (Å²) in [5, 5.41) is 2.71. The molecule has 6 nitrogen and oxygen atoms in total. The molecule has 0 radical (unpaired) electrons. The Labute approximate surface area is 135 Å². The molecule has 1 N–H and O–H groups in total. The van der Waals surface area contributed by atoms with Crippen molar-refractivity contribution in [2.75, 3.05) is 18.5 Å². The summed E-state index contributed by atoms with van der Waals surface area (Å²) in [6, 6.07) is 3.91. The Bertz CT molecular complexity index is 611. The number of carbonyl (C=O) groups excluding carboxylic acids is 3. The Morgan fingerprint density at radius 1 is 1.00 bits per heavy atom. The average Bonchev–Trinajstić information content (AvgIpc) is 2.47. The SMILES string of the molecule is CCOC(=O)C=CC(=O)OCC(=O)Nc1c(C)cc(C)cc1C. The van der Waals surface area contributed by atoms with Crippen LogP contribution in [0, 0.1) is 20.8 Å². The van der Waals surface area contributed by atoms with Crippen LogP contribution in [-0.2, 0) is 23.9 Å². The zero-order valence-corrected chi connectivity index (χ0v) is 13.8. The zero-order chi connectivity index (χ0) is 17.4. The van der Waals surface area contributed by atoms with Crippen LogP contribution < -0.4 is 5.32 Å². The number of ether oxygens (including phenoxy) is 2. The third-order valence-corrected chi connectivity index (χ3v) is 2.93. The van der Waals surface area contributed by atoms with Crippen LogP contribution in [0.5, 0.6) is 0 Å². The Kier molecular flexibility index (Phi) is 6.99. The van der Waals surface area contributed by atoms with Crippen molar-refractivity contribution in [3.8, 4) is 0 Å². The highest BCUT2D eigenvalue weighted by molar-refractivity contribution is 5.96. The van der Waals surface area contributed by atoms with Crippen LogP contribution in [0.4, 0.5) is 5.69 Å². The van der Waals surface area contributed by atoms with E-state index in [1.54, 1.807) is 6.92 Å². The molecule has 0 aliphatic carbocycles. The van der Waals surface area contributed by atoms with Crippen molar-refractivity contribution in [3.05, 3.63) is 41.0 Å². The molecule has 1 amide bonds. The number of nitrogens with one attached hydrogen (secondary N) is 1. The first kappa shape index (κ1) is 18.4. The first-order valence-corrected chi connectivity index (χ1v) is 7.22. The predicted octanol–water partition coefficient (Wildman–Crippen LogP) is 2.21. The smallest absolute Gasteiger partial charge is 0.331 e.